The van der Waals surface area contributed by atoms with Crippen LogP contribution in [0.4, 0.5) is 5.69 Å². The van der Waals surface area contributed by atoms with Gasteiger partial charge < -0.3 is 5.11 Å². The summed E-state index contributed by atoms with van der Waals surface area (Å²) in [6.45, 7) is -0.237. The van der Waals surface area contributed by atoms with Crippen molar-refractivity contribution in [2.24, 2.45) is 0 Å². The Hall–Kier alpha value is -1.75. The van der Waals surface area contributed by atoms with Crippen LogP contribution in [0.25, 0.3) is 0 Å². The molecule has 13 heavy (non-hydrogen) atoms. The second kappa shape index (κ2) is 3.77. The number of aldehydes is 1. The molecule has 0 saturated carbocycles. The number of nitro benzene ring substituents is 1. The van der Waals surface area contributed by atoms with E-state index in [1.165, 1.54) is 18.2 Å². The van der Waals surface area contributed by atoms with Gasteiger partial charge in [0, 0.05) is 6.07 Å². The number of nitro groups is 1. The maximum Gasteiger partial charge on any atom is 0.279 e. The average Bonchev–Trinajstić information content (AvgIpc) is 2.16. The maximum absolute atomic E-state index is 10.4. The number of carbonyl (C=O) groups is 1. The zero-order valence-electron chi connectivity index (χ0n) is 6.64. The van der Waals surface area contributed by atoms with Crippen LogP contribution in [0.2, 0.25) is 0 Å². The Morgan fingerprint density at radius 1 is 1.54 bits per heavy atom. The number of aliphatic hydroxyl groups excluding tert-OH is 1. The van der Waals surface area contributed by atoms with E-state index in [-0.39, 0.29) is 17.9 Å². The SMILES string of the molecule is O=Cc1cc(CO)ccc1[N+](=O)[O-]. The van der Waals surface area contributed by atoms with E-state index in [2.05, 4.69) is 0 Å². The molecule has 5 nitrogen and oxygen atoms in total. The highest BCUT2D eigenvalue weighted by Crippen LogP contribution is 2.17. The summed E-state index contributed by atoms with van der Waals surface area (Å²) in [6, 6.07) is 3.91. The maximum atomic E-state index is 10.4. The lowest BCUT2D eigenvalue weighted by molar-refractivity contribution is -0.385. The molecule has 1 aromatic carbocycles. The number of hydrogen-bond donors (Lipinski definition) is 1. The standard InChI is InChI=1S/C8H7NO4/c10-4-6-1-2-8(9(12)13)7(3-6)5-11/h1-3,5,10H,4H2. The third-order valence-corrected chi connectivity index (χ3v) is 1.60. The first kappa shape index (κ1) is 9.34. The fourth-order valence-corrected chi connectivity index (χ4v) is 0.963. The Balaban J connectivity index is 3.23. The molecule has 0 fully saturated rings. The van der Waals surface area contributed by atoms with Gasteiger partial charge in [-0.2, -0.15) is 0 Å². The average molecular weight is 181 g/mol. The summed E-state index contributed by atoms with van der Waals surface area (Å²) >= 11 is 0. The van der Waals surface area contributed by atoms with Gasteiger partial charge in [-0.25, -0.2) is 0 Å². The van der Waals surface area contributed by atoms with E-state index in [4.69, 9.17) is 5.11 Å². The highest BCUT2D eigenvalue weighted by atomic mass is 16.6. The van der Waals surface area contributed by atoms with Gasteiger partial charge in [-0.05, 0) is 17.7 Å². The summed E-state index contributed by atoms with van der Waals surface area (Å²) in [6.07, 6.45) is 0.400. The molecule has 68 valence electrons. The molecular weight excluding hydrogens is 174 g/mol. The predicted octanol–water partition coefficient (Wildman–Crippen LogP) is 0.900. The molecule has 0 bridgehead atoms. The van der Waals surface area contributed by atoms with Crippen molar-refractivity contribution in [3.05, 3.63) is 39.4 Å². The summed E-state index contributed by atoms with van der Waals surface area (Å²) in [5.74, 6) is 0. The van der Waals surface area contributed by atoms with Crippen molar-refractivity contribution in [1.82, 2.24) is 0 Å². The molecule has 1 N–H and O–H groups in total. The molecule has 0 aromatic heterocycles. The minimum atomic E-state index is -0.634. The molecule has 5 heteroatoms. The number of hydrogen-bond acceptors (Lipinski definition) is 4. The highest BCUT2D eigenvalue weighted by molar-refractivity contribution is 5.81. The van der Waals surface area contributed by atoms with Crippen molar-refractivity contribution in [1.29, 1.82) is 0 Å². The van der Waals surface area contributed by atoms with Crippen molar-refractivity contribution >= 4 is 12.0 Å². The van der Waals surface area contributed by atoms with Crippen LogP contribution in [-0.4, -0.2) is 16.3 Å². The van der Waals surface area contributed by atoms with Crippen LogP contribution in [0.3, 0.4) is 0 Å². The fourth-order valence-electron chi connectivity index (χ4n) is 0.963. The van der Waals surface area contributed by atoms with Crippen molar-refractivity contribution in [3.8, 4) is 0 Å². The summed E-state index contributed by atoms with van der Waals surface area (Å²) in [7, 11) is 0. The van der Waals surface area contributed by atoms with Gasteiger partial charge in [-0.1, -0.05) is 0 Å². The minimum Gasteiger partial charge on any atom is -0.392 e. The van der Waals surface area contributed by atoms with E-state index in [1.807, 2.05) is 0 Å². The molecule has 0 radical (unpaired) electrons. The van der Waals surface area contributed by atoms with Crippen LogP contribution in [0, 0.1) is 10.1 Å². The Kier molecular flexibility index (Phi) is 2.71. The van der Waals surface area contributed by atoms with Gasteiger partial charge in [0.1, 0.15) is 0 Å². The predicted molar refractivity (Wildman–Crippen MR) is 44.4 cm³/mol. The van der Waals surface area contributed by atoms with Gasteiger partial charge in [0.15, 0.2) is 6.29 Å². The molecule has 0 aliphatic rings. The zero-order chi connectivity index (χ0) is 9.84. The minimum absolute atomic E-state index is 0.0171. The third-order valence-electron chi connectivity index (χ3n) is 1.60. The Labute approximate surface area is 73.8 Å². The monoisotopic (exact) mass is 181 g/mol. The zero-order valence-corrected chi connectivity index (χ0v) is 6.64. The second-order valence-electron chi connectivity index (χ2n) is 2.43. The lowest BCUT2D eigenvalue weighted by Crippen LogP contribution is -1.95. The van der Waals surface area contributed by atoms with Crippen LogP contribution in [-0.2, 0) is 6.61 Å². The highest BCUT2D eigenvalue weighted by Gasteiger charge is 2.12. The smallest absolute Gasteiger partial charge is 0.279 e. The van der Waals surface area contributed by atoms with Gasteiger partial charge in [0.25, 0.3) is 5.69 Å². The molecule has 0 atom stereocenters. The van der Waals surface area contributed by atoms with Gasteiger partial charge in [0.05, 0.1) is 17.1 Å². The van der Waals surface area contributed by atoms with Gasteiger partial charge in [-0.15, -0.1) is 0 Å². The van der Waals surface area contributed by atoms with E-state index >= 15 is 0 Å². The molecule has 1 aromatic rings. The number of carbonyl (C=O) groups excluding carboxylic acids is 1. The van der Waals surface area contributed by atoms with Crippen molar-refractivity contribution in [2.75, 3.05) is 0 Å². The number of nitrogens with zero attached hydrogens (tertiary/aromatic N) is 1. The van der Waals surface area contributed by atoms with E-state index in [0.29, 0.717) is 11.8 Å². The molecule has 1 rings (SSSR count). The van der Waals surface area contributed by atoms with E-state index in [9.17, 15) is 14.9 Å². The molecule has 0 heterocycles. The first-order chi connectivity index (χ1) is 6.19. The largest absolute Gasteiger partial charge is 0.392 e. The first-order valence-corrected chi connectivity index (χ1v) is 3.52. The Morgan fingerprint density at radius 2 is 2.23 bits per heavy atom. The van der Waals surface area contributed by atoms with Crippen LogP contribution in [0.15, 0.2) is 18.2 Å². The van der Waals surface area contributed by atoms with Gasteiger partial charge in [0.2, 0.25) is 0 Å². The van der Waals surface area contributed by atoms with Crippen LogP contribution in [0.5, 0.6) is 0 Å². The summed E-state index contributed by atoms with van der Waals surface area (Å²) in [4.78, 5) is 20.1. The second-order valence-corrected chi connectivity index (χ2v) is 2.43. The third kappa shape index (κ3) is 1.88. The molecule has 0 unspecified atom stereocenters. The Morgan fingerprint density at radius 3 is 2.69 bits per heavy atom. The fraction of sp³-hybridized carbons (Fsp3) is 0.125. The van der Waals surface area contributed by atoms with Crippen molar-refractivity contribution in [3.63, 3.8) is 0 Å². The molecule has 0 aliphatic heterocycles. The quantitative estimate of drug-likeness (QED) is 0.426. The lowest BCUT2D eigenvalue weighted by Gasteiger charge is -1.98. The number of benzene rings is 1. The summed E-state index contributed by atoms with van der Waals surface area (Å²) < 4.78 is 0. The van der Waals surface area contributed by atoms with E-state index in [1.54, 1.807) is 0 Å². The first-order valence-electron chi connectivity index (χ1n) is 3.52. The number of rotatable bonds is 3. The normalized spacial score (nSPS) is 9.62. The van der Waals surface area contributed by atoms with E-state index in [0.717, 1.165) is 0 Å². The van der Waals surface area contributed by atoms with Crippen molar-refractivity contribution in [2.45, 2.75) is 6.61 Å². The molecule has 0 saturated heterocycles. The molecule has 0 amide bonds. The Bertz CT molecular complexity index is 348. The van der Waals surface area contributed by atoms with Crippen LogP contribution >= 0.6 is 0 Å². The molecule has 0 aliphatic carbocycles. The lowest BCUT2D eigenvalue weighted by atomic mass is 10.1. The van der Waals surface area contributed by atoms with Crippen LogP contribution in [0.1, 0.15) is 15.9 Å². The summed E-state index contributed by atoms with van der Waals surface area (Å²) in [5, 5.41) is 19.1. The molecule has 0 spiro atoms. The van der Waals surface area contributed by atoms with Crippen molar-refractivity contribution < 1.29 is 14.8 Å². The van der Waals surface area contributed by atoms with Gasteiger partial charge in [-0.3, -0.25) is 14.9 Å². The topological polar surface area (TPSA) is 80.4 Å². The van der Waals surface area contributed by atoms with Crippen LogP contribution < -0.4 is 0 Å². The number of aliphatic hydroxyl groups is 1. The van der Waals surface area contributed by atoms with Gasteiger partial charge >= 0.3 is 0 Å². The molecular formula is C8H7NO4. The summed E-state index contributed by atoms with van der Waals surface area (Å²) in [5.41, 5.74) is 0.219. The van der Waals surface area contributed by atoms with E-state index < -0.39 is 4.92 Å².